The van der Waals surface area contributed by atoms with Gasteiger partial charge in [0.25, 0.3) is 5.56 Å². The predicted octanol–water partition coefficient (Wildman–Crippen LogP) is 2.83. The Labute approximate surface area is 191 Å². The zero-order valence-electron chi connectivity index (χ0n) is 19.2. The number of alkyl carbamates (subject to hydrolysis) is 1. The number of rotatable bonds is 6. The van der Waals surface area contributed by atoms with Gasteiger partial charge in [-0.25, -0.2) is 14.6 Å². The average Bonchev–Trinajstić information content (AvgIpc) is 3.04. The lowest BCUT2D eigenvalue weighted by molar-refractivity contribution is 0.0526. The Kier molecular flexibility index (Phi) is 6.97. The zero-order valence-corrected chi connectivity index (χ0v) is 20.0. The van der Waals surface area contributed by atoms with Crippen LogP contribution in [-0.4, -0.2) is 36.9 Å². The van der Waals surface area contributed by atoms with Crippen molar-refractivity contribution in [3.63, 3.8) is 0 Å². The van der Waals surface area contributed by atoms with E-state index in [1.165, 1.54) is 9.13 Å². The molecule has 0 saturated carbocycles. The van der Waals surface area contributed by atoms with Crippen molar-refractivity contribution in [2.45, 2.75) is 65.6 Å². The first-order valence-corrected chi connectivity index (χ1v) is 11.1. The summed E-state index contributed by atoms with van der Waals surface area (Å²) in [6, 6.07) is 0. The molecule has 0 atom stereocenters. The van der Waals surface area contributed by atoms with Crippen LogP contribution >= 0.6 is 11.6 Å². The molecule has 2 heterocycles. The minimum absolute atomic E-state index is 0.153. The van der Waals surface area contributed by atoms with Gasteiger partial charge >= 0.3 is 11.8 Å². The molecule has 1 N–H and O–H groups in total. The maximum Gasteiger partial charge on any atom is 0.407 e. The standard InChI is InChI=1S/C22H30ClN5O4/c1-6-16-25-18-17(26(16)5)19(29)28(13-14-7-9-15(23)10-8-14)21(31)27(18)12-11-24-20(30)32-22(2,3)4/h7,9H,6,8,10-13H2,1-5H3,(H,24,30). The van der Waals surface area contributed by atoms with Gasteiger partial charge < -0.3 is 14.6 Å². The summed E-state index contributed by atoms with van der Waals surface area (Å²) in [6.07, 6.45) is 5.07. The number of carbonyl (C=O) groups is 1. The molecule has 2 aromatic rings. The van der Waals surface area contributed by atoms with E-state index in [-0.39, 0.29) is 25.2 Å². The van der Waals surface area contributed by atoms with E-state index in [0.29, 0.717) is 36.3 Å². The third-order valence-corrected chi connectivity index (χ3v) is 5.52. The highest BCUT2D eigenvalue weighted by Crippen LogP contribution is 2.21. The van der Waals surface area contributed by atoms with Crippen molar-refractivity contribution >= 4 is 28.9 Å². The van der Waals surface area contributed by atoms with Crippen LogP contribution in [0.15, 0.2) is 32.3 Å². The molecule has 9 nitrogen and oxygen atoms in total. The Morgan fingerprint density at radius 2 is 1.94 bits per heavy atom. The van der Waals surface area contributed by atoms with Crippen LogP contribution in [-0.2, 0) is 31.3 Å². The second-order valence-corrected chi connectivity index (χ2v) is 9.29. The van der Waals surface area contributed by atoms with Crippen molar-refractivity contribution in [3.8, 4) is 0 Å². The molecule has 0 saturated heterocycles. The molecule has 2 aromatic heterocycles. The van der Waals surface area contributed by atoms with Crippen LogP contribution in [0.4, 0.5) is 4.79 Å². The summed E-state index contributed by atoms with van der Waals surface area (Å²) >= 11 is 6.04. The molecule has 1 aliphatic rings. The Bertz CT molecular complexity index is 1210. The van der Waals surface area contributed by atoms with E-state index in [9.17, 15) is 14.4 Å². The molecule has 10 heteroatoms. The molecule has 0 unspecified atom stereocenters. The van der Waals surface area contributed by atoms with Gasteiger partial charge in [-0.1, -0.05) is 24.6 Å². The fraction of sp³-hybridized carbons (Fsp3) is 0.545. The Hall–Kier alpha value is -2.81. The van der Waals surface area contributed by atoms with E-state index in [4.69, 9.17) is 16.3 Å². The van der Waals surface area contributed by atoms with Crippen LogP contribution in [0.5, 0.6) is 0 Å². The molecular formula is C22H30ClN5O4. The third-order valence-electron chi connectivity index (χ3n) is 5.20. The van der Waals surface area contributed by atoms with Gasteiger partial charge in [0.05, 0.1) is 6.54 Å². The van der Waals surface area contributed by atoms with E-state index in [1.807, 2.05) is 13.0 Å². The number of hydrogen-bond acceptors (Lipinski definition) is 5. The normalized spacial score (nSPS) is 14.3. The predicted molar refractivity (Wildman–Crippen MR) is 124 cm³/mol. The number of fused-ring (bicyclic) bond motifs is 1. The van der Waals surface area contributed by atoms with E-state index in [1.54, 1.807) is 38.5 Å². The number of nitrogens with one attached hydrogen (secondary N) is 1. The minimum Gasteiger partial charge on any atom is -0.444 e. The van der Waals surface area contributed by atoms with Gasteiger partial charge in [0.15, 0.2) is 11.2 Å². The van der Waals surface area contributed by atoms with Crippen LogP contribution in [0, 0.1) is 0 Å². The third kappa shape index (κ3) is 5.15. The number of aryl methyl sites for hydroxylation is 2. The van der Waals surface area contributed by atoms with Gasteiger partial charge in [-0.05, 0) is 45.3 Å². The lowest BCUT2D eigenvalue weighted by atomic mass is 10.1. The number of allylic oxidation sites excluding steroid dienone is 4. The fourth-order valence-corrected chi connectivity index (χ4v) is 3.80. The maximum absolute atomic E-state index is 13.3. The smallest absolute Gasteiger partial charge is 0.407 e. The quantitative estimate of drug-likeness (QED) is 0.710. The van der Waals surface area contributed by atoms with Gasteiger partial charge in [0.1, 0.15) is 11.4 Å². The van der Waals surface area contributed by atoms with Crippen molar-refractivity contribution in [3.05, 3.63) is 49.4 Å². The number of aromatic nitrogens is 4. The molecular weight excluding hydrogens is 434 g/mol. The molecule has 0 fully saturated rings. The van der Waals surface area contributed by atoms with Gasteiger partial charge in [0, 0.05) is 31.6 Å². The molecule has 0 aliphatic heterocycles. The zero-order chi connectivity index (χ0) is 23.6. The Balaban J connectivity index is 2.00. The van der Waals surface area contributed by atoms with E-state index in [0.717, 1.165) is 10.6 Å². The summed E-state index contributed by atoms with van der Waals surface area (Å²) in [7, 11) is 1.77. The number of carbonyl (C=O) groups excluding carboxylic acids is 1. The summed E-state index contributed by atoms with van der Waals surface area (Å²) in [5.74, 6) is 0.703. The summed E-state index contributed by atoms with van der Waals surface area (Å²) in [6.45, 7) is 7.76. The summed E-state index contributed by atoms with van der Waals surface area (Å²) in [5, 5.41) is 3.41. The van der Waals surface area contributed by atoms with Crippen LogP contribution in [0.2, 0.25) is 0 Å². The van der Waals surface area contributed by atoms with Crippen LogP contribution in [0.3, 0.4) is 0 Å². The van der Waals surface area contributed by atoms with Gasteiger partial charge in [-0.2, -0.15) is 0 Å². The summed E-state index contributed by atoms with van der Waals surface area (Å²) in [5.41, 5.74) is 0.173. The lowest BCUT2D eigenvalue weighted by Gasteiger charge is -2.20. The highest BCUT2D eigenvalue weighted by Gasteiger charge is 2.21. The SMILES string of the molecule is CCc1nc2c(c(=O)n(CC3=CC=C(Cl)CC3)c(=O)n2CCNC(=O)OC(C)(C)C)n1C. The van der Waals surface area contributed by atoms with Crippen LogP contribution < -0.4 is 16.6 Å². The second kappa shape index (κ2) is 9.36. The second-order valence-electron chi connectivity index (χ2n) is 8.81. The van der Waals surface area contributed by atoms with Gasteiger partial charge in [-0.3, -0.25) is 13.9 Å². The highest BCUT2D eigenvalue weighted by molar-refractivity contribution is 6.29. The van der Waals surface area contributed by atoms with Gasteiger partial charge in [-0.15, -0.1) is 0 Å². The van der Waals surface area contributed by atoms with Crippen molar-refractivity contribution in [1.82, 2.24) is 24.0 Å². The first-order valence-electron chi connectivity index (χ1n) is 10.7. The van der Waals surface area contributed by atoms with Crippen molar-refractivity contribution < 1.29 is 9.53 Å². The molecule has 174 valence electrons. The molecule has 0 bridgehead atoms. The number of nitrogens with zero attached hydrogens (tertiary/aromatic N) is 4. The topological polar surface area (TPSA) is 100 Å². The van der Waals surface area contributed by atoms with Gasteiger partial charge in [0.2, 0.25) is 0 Å². The molecule has 0 radical (unpaired) electrons. The first kappa shape index (κ1) is 23.8. The largest absolute Gasteiger partial charge is 0.444 e. The summed E-state index contributed by atoms with van der Waals surface area (Å²) < 4.78 is 9.66. The Morgan fingerprint density at radius 1 is 1.22 bits per heavy atom. The first-order chi connectivity index (χ1) is 15.0. The fourth-order valence-electron chi connectivity index (χ4n) is 3.64. The summed E-state index contributed by atoms with van der Waals surface area (Å²) in [4.78, 5) is 43.1. The number of imidazole rings is 1. The molecule has 1 aliphatic carbocycles. The highest BCUT2D eigenvalue weighted by atomic mass is 35.5. The molecule has 32 heavy (non-hydrogen) atoms. The maximum atomic E-state index is 13.3. The number of ether oxygens (including phenoxy) is 1. The monoisotopic (exact) mass is 463 g/mol. The molecule has 3 rings (SSSR count). The van der Waals surface area contributed by atoms with Crippen LogP contribution in [0.1, 0.15) is 46.4 Å². The Morgan fingerprint density at radius 3 is 2.53 bits per heavy atom. The van der Waals surface area contributed by atoms with E-state index >= 15 is 0 Å². The van der Waals surface area contributed by atoms with Crippen LogP contribution in [0.25, 0.3) is 11.2 Å². The number of hydrogen-bond donors (Lipinski definition) is 1. The van der Waals surface area contributed by atoms with E-state index < -0.39 is 17.4 Å². The number of amides is 1. The van der Waals surface area contributed by atoms with Crippen molar-refractivity contribution in [2.24, 2.45) is 7.05 Å². The molecule has 0 spiro atoms. The lowest BCUT2D eigenvalue weighted by Crippen LogP contribution is -2.43. The molecule has 1 amide bonds. The van der Waals surface area contributed by atoms with Crippen molar-refractivity contribution in [2.75, 3.05) is 6.54 Å². The number of halogens is 1. The van der Waals surface area contributed by atoms with E-state index in [2.05, 4.69) is 10.3 Å². The van der Waals surface area contributed by atoms with Crippen molar-refractivity contribution in [1.29, 1.82) is 0 Å². The average molecular weight is 464 g/mol. The molecule has 0 aromatic carbocycles. The minimum atomic E-state index is -0.622.